The smallest absolute Gasteiger partial charge is 0.123 e. The lowest BCUT2D eigenvalue weighted by Crippen LogP contribution is -2.03. The third-order valence-corrected chi connectivity index (χ3v) is 2.69. The summed E-state index contributed by atoms with van der Waals surface area (Å²) in [4.78, 5) is 0. The lowest BCUT2D eigenvalue weighted by atomic mass is 10.1. The number of aromatic nitrogens is 1. The van der Waals surface area contributed by atoms with Crippen LogP contribution < -0.4 is 5.73 Å². The number of nitrogens with zero attached hydrogens (tertiary/aromatic N) is 1. The zero-order valence-corrected chi connectivity index (χ0v) is 9.28. The number of rotatable bonds is 3. The molecule has 2 nitrogen and oxygen atoms in total. The van der Waals surface area contributed by atoms with Gasteiger partial charge in [0.1, 0.15) is 5.82 Å². The molecule has 16 heavy (non-hydrogen) atoms. The van der Waals surface area contributed by atoms with Crippen LogP contribution in [0.5, 0.6) is 0 Å². The lowest BCUT2D eigenvalue weighted by molar-refractivity contribution is 0.628. The Kier molecular flexibility index (Phi) is 3.06. The van der Waals surface area contributed by atoms with Crippen molar-refractivity contribution < 1.29 is 4.39 Å². The topological polar surface area (TPSA) is 30.9 Å². The maximum atomic E-state index is 12.9. The first kappa shape index (κ1) is 10.9. The lowest BCUT2D eigenvalue weighted by Gasteiger charge is -2.07. The number of hydrogen-bond donors (Lipinski definition) is 1. The van der Waals surface area contributed by atoms with E-state index in [1.54, 1.807) is 12.1 Å². The van der Waals surface area contributed by atoms with Crippen LogP contribution in [-0.2, 0) is 13.5 Å². The van der Waals surface area contributed by atoms with Crippen LogP contribution in [0.4, 0.5) is 4.39 Å². The van der Waals surface area contributed by atoms with E-state index in [4.69, 9.17) is 5.73 Å². The molecule has 2 aromatic rings. The Morgan fingerprint density at radius 2 is 1.88 bits per heavy atom. The fraction of sp³-hybridized carbons (Fsp3) is 0.231. The van der Waals surface area contributed by atoms with Crippen molar-refractivity contribution in [3.8, 4) is 11.3 Å². The Labute approximate surface area is 94.5 Å². The highest BCUT2D eigenvalue weighted by molar-refractivity contribution is 5.64. The van der Waals surface area contributed by atoms with Gasteiger partial charge in [-0.1, -0.05) is 0 Å². The zero-order chi connectivity index (χ0) is 11.5. The summed E-state index contributed by atoms with van der Waals surface area (Å²) < 4.78 is 14.9. The number of hydrogen-bond acceptors (Lipinski definition) is 1. The van der Waals surface area contributed by atoms with Crippen molar-refractivity contribution in [2.75, 3.05) is 6.54 Å². The predicted molar refractivity (Wildman–Crippen MR) is 63.6 cm³/mol. The number of benzene rings is 1. The monoisotopic (exact) mass is 218 g/mol. The van der Waals surface area contributed by atoms with Crippen molar-refractivity contribution in [3.63, 3.8) is 0 Å². The van der Waals surface area contributed by atoms with Gasteiger partial charge in [0, 0.05) is 13.2 Å². The number of halogens is 1. The maximum absolute atomic E-state index is 12.9. The van der Waals surface area contributed by atoms with Crippen LogP contribution >= 0.6 is 0 Å². The van der Waals surface area contributed by atoms with Crippen molar-refractivity contribution in [2.24, 2.45) is 12.8 Å². The van der Waals surface area contributed by atoms with E-state index in [2.05, 4.69) is 6.07 Å². The van der Waals surface area contributed by atoms with E-state index in [0.29, 0.717) is 6.54 Å². The van der Waals surface area contributed by atoms with Gasteiger partial charge in [-0.2, -0.15) is 0 Å². The third kappa shape index (κ3) is 1.99. The molecule has 0 spiro atoms. The number of aryl methyl sites for hydroxylation is 1. The summed E-state index contributed by atoms with van der Waals surface area (Å²) in [6.45, 7) is 0.623. The molecule has 1 aromatic heterocycles. The van der Waals surface area contributed by atoms with Gasteiger partial charge in [0.15, 0.2) is 0 Å². The van der Waals surface area contributed by atoms with Crippen LogP contribution in [0.1, 0.15) is 5.56 Å². The van der Waals surface area contributed by atoms with Gasteiger partial charge in [-0.05, 0) is 54.4 Å². The summed E-state index contributed by atoms with van der Waals surface area (Å²) in [7, 11) is 1.98. The molecule has 1 heterocycles. The van der Waals surface area contributed by atoms with Crippen LogP contribution in [0.3, 0.4) is 0 Å². The van der Waals surface area contributed by atoms with Gasteiger partial charge in [-0.25, -0.2) is 4.39 Å². The summed E-state index contributed by atoms with van der Waals surface area (Å²) in [5.74, 6) is -0.210. The highest BCUT2D eigenvalue weighted by atomic mass is 19.1. The Bertz CT molecular complexity index is 471. The van der Waals surface area contributed by atoms with E-state index in [0.717, 1.165) is 17.7 Å². The first-order valence-corrected chi connectivity index (χ1v) is 5.32. The fourth-order valence-electron chi connectivity index (χ4n) is 1.94. The minimum absolute atomic E-state index is 0.210. The second-order valence-electron chi connectivity index (χ2n) is 3.85. The van der Waals surface area contributed by atoms with E-state index in [9.17, 15) is 4.39 Å². The Morgan fingerprint density at radius 3 is 2.50 bits per heavy atom. The minimum atomic E-state index is -0.210. The van der Waals surface area contributed by atoms with Gasteiger partial charge >= 0.3 is 0 Å². The van der Waals surface area contributed by atoms with Gasteiger partial charge < -0.3 is 10.3 Å². The average molecular weight is 218 g/mol. The molecule has 0 fully saturated rings. The minimum Gasteiger partial charge on any atom is -0.350 e. The molecular weight excluding hydrogens is 203 g/mol. The molecule has 0 aliphatic heterocycles. The van der Waals surface area contributed by atoms with Crippen molar-refractivity contribution in [3.05, 3.63) is 47.9 Å². The molecule has 0 aliphatic rings. The molecule has 0 saturated heterocycles. The quantitative estimate of drug-likeness (QED) is 0.842. The molecule has 2 rings (SSSR count). The molecule has 0 atom stereocenters. The Balaban J connectivity index is 2.45. The van der Waals surface area contributed by atoms with Gasteiger partial charge in [-0.3, -0.25) is 0 Å². The normalized spacial score (nSPS) is 10.7. The summed E-state index contributed by atoms with van der Waals surface area (Å²) in [6, 6.07) is 8.62. The van der Waals surface area contributed by atoms with Gasteiger partial charge in [0.05, 0.1) is 5.69 Å². The molecule has 0 unspecified atom stereocenters. The predicted octanol–water partition coefficient (Wildman–Crippen LogP) is 2.33. The summed E-state index contributed by atoms with van der Waals surface area (Å²) >= 11 is 0. The first-order valence-electron chi connectivity index (χ1n) is 5.32. The first-order chi connectivity index (χ1) is 7.72. The Hall–Kier alpha value is -1.61. The molecule has 0 saturated carbocycles. The average Bonchev–Trinajstić information content (AvgIpc) is 2.62. The van der Waals surface area contributed by atoms with Gasteiger partial charge in [0.2, 0.25) is 0 Å². The summed E-state index contributed by atoms with van der Waals surface area (Å²) in [5.41, 5.74) is 8.92. The second-order valence-corrected chi connectivity index (χ2v) is 3.85. The van der Waals surface area contributed by atoms with Crippen molar-refractivity contribution in [2.45, 2.75) is 6.42 Å². The fourth-order valence-corrected chi connectivity index (χ4v) is 1.94. The van der Waals surface area contributed by atoms with Crippen LogP contribution in [0.15, 0.2) is 36.5 Å². The van der Waals surface area contributed by atoms with E-state index < -0.39 is 0 Å². The van der Waals surface area contributed by atoms with Gasteiger partial charge in [0.25, 0.3) is 0 Å². The van der Waals surface area contributed by atoms with Crippen LogP contribution in [0, 0.1) is 5.82 Å². The van der Waals surface area contributed by atoms with E-state index in [1.807, 2.05) is 17.8 Å². The molecule has 0 radical (unpaired) electrons. The van der Waals surface area contributed by atoms with Gasteiger partial charge in [-0.15, -0.1) is 0 Å². The number of nitrogens with two attached hydrogens (primary N) is 1. The van der Waals surface area contributed by atoms with E-state index in [1.165, 1.54) is 17.7 Å². The maximum Gasteiger partial charge on any atom is 0.123 e. The summed E-state index contributed by atoms with van der Waals surface area (Å²) in [5, 5.41) is 0. The van der Waals surface area contributed by atoms with Crippen LogP contribution in [0.2, 0.25) is 0 Å². The van der Waals surface area contributed by atoms with Crippen molar-refractivity contribution >= 4 is 0 Å². The van der Waals surface area contributed by atoms with Crippen LogP contribution in [-0.4, -0.2) is 11.1 Å². The SMILES string of the molecule is Cn1ccc(CCN)c1-c1ccc(F)cc1. The zero-order valence-electron chi connectivity index (χ0n) is 9.28. The molecule has 0 amide bonds. The molecule has 2 N–H and O–H groups in total. The highest BCUT2D eigenvalue weighted by Gasteiger charge is 2.08. The van der Waals surface area contributed by atoms with E-state index >= 15 is 0 Å². The molecule has 0 bridgehead atoms. The highest BCUT2D eigenvalue weighted by Crippen LogP contribution is 2.24. The molecule has 84 valence electrons. The standard InChI is InChI=1S/C13H15FN2/c1-16-9-7-11(6-8-15)13(16)10-2-4-12(14)5-3-10/h2-5,7,9H,6,8,15H2,1H3. The van der Waals surface area contributed by atoms with Crippen molar-refractivity contribution in [1.82, 2.24) is 4.57 Å². The van der Waals surface area contributed by atoms with Crippen LogP contribution in [0.25, 0.3) is 11.3 Å². The second kappa shape index (κ2) is 4.49. The molecule has 1 aromatic carbocycles. The van der Waals surface area contributed by atoms with E-state index in [-0.39, 0.29) is 5.82 Å². The van der Waals surface area contributed by atoms with Crippen molar-refractivity contribution in [1.29, 1.82) is 0 Å². The molecule has 3 heteroatoms. The Morgan fingerprint density at radius 1 is 1.19 bits per heavy atom. The largest absolute Gasteiger partial charge is 0.350 e. The molecule has 0 aliphatic carbocycles. The summed E-state index contributed by atoms with van der Waals surface area (Å²) in [6.07, 6.45) is 2.84. The molecular formula is C13H15FN2. The third-order valence-electron chi connectivity index (χ3n) is 2.69.